The Balaban J connectivity index is 1.70. The number of carbonyl (C=O) groups is 2. The van der Waals surface area contributed by atoms with Crippen LogP contribution in [-0.4, -0.2) is 36.6 Å². The molecule has 2 aliphatic rings. The van der Waals surface area contributed by atoms with E-state index < -0.39 is 18.1 Å². The van der Waals surface area contributed by atoms with E-state index in [0.717, 1.165) is 18.7 Å². The van der Waals surface area contributed by atoms with Gasteiger partial charge in [0, 0.05) is 36.7 Å². The maximum atomic E-state index is 13.3. The highest BCUT2D eigenvalue weighted by atomic mass is 16.5. The number of rotatable bonds is 4. The minimum absolute atomic E-state index is 0.0135. The average Bonchev–Trinajstić information content (AvgIpc) is 2.73. The minimum atomic E-state index is -0.921. The van der Waals surface area contributed by atoms with Crippen molar-refractivity contribution in [1.29, 1.82) is 0 Å². The molecular formula is C21H23N3O4. The highest BCUT2D eigenvalue weighted by molar-refractivity contribution is 5.88. The molecule has 7 nitrogen and oxygen atoms in total. The normalized spacial score (nSPS) is 24.0. The van der Waals surface area contributed by atoms with Crippen molar-refractivity contribution in [2.24, 2.45) is 5.92 Å². The van der Waals surface area contributed by atoms with Gasteiger partial charge in [-0.2, -0.15) is 0 Å². The number of hydrogen-bond donors (Lipinski definition) is 2. The standard InChI is InChI=1S/C21H23N3O4/c1-28-21(27)18(13-6-3-2-4-7-13)23-20(26)19-15-10-14(11-22-12-15)16-8-5-9-17(25)24(16)19/h2-9,14-15,18-19,22H,10-12H2,1H3,(H,23,26)/t14-,15+,18+,19-/m1/s1. The molecule has 1 saturated heterocycles. The third kappa shape index (κ3) is 3.22. The molecule has 146 valence electrons. The summed E-state index contributed by atoms with van der Waals surface area (Å²) >= 11 is 0. The van der Waals surface area contributed by atoms with Gasteiger partial charge in [0.05, 0.1) is 7.11 Å². The molecular weight excluding hydrogens is 358 g/mol. The second-order valence-electron chi connectivity index (χ2n) is 7.33. The number of nitrogens with one attached hydrogen (secondary N) is 2. The predicted molar refractivity (Wildman–Crippen MR) is 103 cm³/mol. The topological polar surface area (TPSA) is 89.4 Å². The number of nitrogens with zero attached hydrogens (tertiary/aromatic N) is 1. The Morgan fingerprint density at radius 3 is 2.68 bits per heavy atom. The molecule has 1 amide bonds. The molecule has 0 radical (unpaired) electrons. The third-order valence-electron chi connectivity index (χ3n) is 5.67. The number of piperidine rings is 1. The molecule has 1 aromatic heterocycles. The first kappa shape index (κ1) is 18.4. The zero-order valence-electron chi connectivity index (χ0n) is 15.6. The van der Waals surface area contributed by atoms with Gasteiger partial charge in [0.1, 0.15) is 6.04 Å². The van der Waals surface area contributed by atoms with Crippen LogP contribution in [0.5, 0.6) is 0 Å². The summed E-state index contributed by atoms with van der Waals surface area (Å²) in [5.74, 6) is -0.695. The number of benzene rings is 1. The van der Waals surface area contributed by atoms with E-state index in [0.29, 0.717) is 12.1 Å². The Morgan fingerprint density at radius 2 is 1.93 bits per heavy atom. The zero-order chi connectivity index (χ0) is 19.7. The first-order valence-corrected chi connectivity index (χ1v) is 9.45. The Hall–Kier alpha value is -2.93. The lowest BCUT2D eigenvalue weighted by atomic mass is 9.79. The van der Waals surface area contributed by atoms with Gasteiger partial charge in [-0.25, -0.2) is 4.79 Å². The minimum Gasteiger partial charge on any atom is -0.467 e. The summed E-state index contributed by atoms with van der Waals surface area (Å²) in [6, 6.07) is 12.5. The van der Waals surface area contributed by atoms with Crippen LogP contribution in [-0.2, 0) is 14.3 Å². The summed E-state index contributed by atoms with van der Waals surface area (Å²) in [4.78, 5) is 38.3. The number of aromatic nitrogens is 1. The molecule has 0 unspecified atom stereocenters. The van der Waals surface area contributed by atoms with Crippen LogP contribution in [0.15, 0.2) is 53.3 Å². The van der Waals surface area contributed by atoms with E-state index >= 15 is 0 Å². The van der Waals surface area contributed by atoms with Crippen LogP contribution in [0.25, 0.3) is 0 Å². The first-order chi connectivity index (χ1) is 13.6. The Morgan fingerprint density at radius 1 is 1.14 bits per heavy atom. The quantitative estimate of drug-likeness (QED) is 0.775. The molecule has 2 aliphatic heterocycles. The van der Waals surface area contributed by atoms with Crippen molar-refractivity contribution < 1.29 is 14.3 Å². The summed E-state index contributed by atoms with van der Waals surface area (Å²) < 4.78 is 6.50. The second-order valence-corrected chi connectivity index (χ2v) is 7.33. The lowest BCUT2D eigenvalue weighted by Gasteiger charge is -2.42. The van der Waals surface area contributed by atoms with Gasteiger partial charge in [-0.3, -0.25) is 14.2 Å². The molecule has 7 heteroatoms. The first-order valence-electron chi connectivity index (χ1n) is 9.45. The number of ether oxygens (including phenoxy) is 1. The number of methoxy groups -OCH3 is 1. The highest BCUT2D eigenvalue weighted by Crippen LogP contribution is 2.38. The van der Waals surface area contributed by atoms with Crippen molar-refractivity contribution in [3.05, 3.63) is 70.1 Å². The van der Waals surface area contributed by atoms with Gasteiger partial charge < -0.3 is 15.4 Å². The molecule has 1 aromatic carbocycles. The zero-order valence-corrected chi connectivity index (χ0v) is 15.6. The van der Waals surface area contributed by atoms with Crippen molar-refractivity contribution in [3.8, 4) is 0 Å². The molecule has 0 spiro atoms. The van der Waals surface area contributed by atoms with Crippen LogP contribution in [0, 0.1) is 5.92 Å². The van der Waals surface area contributed by atoms with E-state index in [1.165, 1.54) is 13.2 Å². The number of esters is 1. The maximum Gasteiger partial charge on any atom is 0.333 e. The number of hydrogen-bond acceptors (Lipinski definition) is 5. The lowest BCUT2D eigenvalue weighted by molar-refractivity contribution is -0.146. The molecule has 0 aliphatic carbocycles. The van der Waals surface area contributed by atoms with Crippen LogP contribution < -0.4 is 16.2 Å². The molecule has 28 heavy (non-hydrogen) atoms. The molecule has 3 heterocycles. The van der Waals surface area contributed by atoms with E-state index in [1.807, 2.05) is 12.1 Å². The molecule has 4 atom stereocenters. The van der Waals surface area contributed by atoms with Crippen molar-refractivity contribution in [1.82, 2.24) is 15.2 Å². The lowest BCUT2D eigenvalue weighted by Crippen LogP contribution is -2.53. The fraction of sp³-hybridized carbons (Fsp3) is 0.381. The summed E-state index contributed by atoms with van der Waals surface area (Å²) in [7, 11) is 1.29. The Bertz CT molecular complexity index is 940. The highest BCUT2D eigenvalue weighted by Gasteiger charge is 2.42. The number of fused-ring (bicyclic) bond motifs is 4. The largest absolute Gasteiger partial charge is 0.467 e. The van der Waals surface area contributed by atoms with Gasteiger partial charge in [-0.05, 0) is 18.1 Å². The molecule has 1 fully saturated rings. The average molecular weight is 381 g/mol. The van der Waals surface area contributed by atoms with Crippen LogP contribution in [0.2, 0.25) is 0 Å². The second kappa shape index (κ2) is 7.59. The number of carbonyl (C=O) groups excluding carboxylic acids is 2. The molecule has 2 N–H and O–H groups in total. The van der Waals surface area contributed by atoms with E-state index in [9.17, 15) is 14.4 Å². The van der Waals surface area contributed by atoms with E-state index in [2.05, 4.69) is 10.6 Å². The van der Waals surface area contributed by atoms with E-state index in [4.69, 9.17) is 4.74 Å². The summed E-state index contributed by atoms with van der Waals surface area (Å²) in [6.45, 7) is 1.45. The summed E-state index contributed by atoms with van der Waals surface area (Å²) in [5.41, 5.74) is 1.31. The van der Waals surface area contributed by atoms with Gasteiger partial charge in [-0.15, -0.1) is 0 Å². The van der Waals surface area contributed by atoms with Crippen LogP contribution in [0.1, 0.15) is 35.7 Å². The van der Waals surface area contributed by atoms with Gasteiger partial charge >= 0.3 is 5.97 Å². The number of amides is 1. The van der Waals surface area contributed by atoms with Crippen LogP contribution in [0.4, 0.5) is 0 Å². The van der Waals surface area contributed by atoms with Gasteiger partial charge in [0.15, 0.2) is 6.04 Å². The van der Waals surface area contributed by atoms with E-state index in [1.54, 1.807) is 34.9 Å². The third-order valence-corrected chi connectivity index (χ3v) is 5.67. The molecule has 2 bridgehead atoms. The van der Waals surface area contributed by atoms with E-state index in [-0.39, 0.29) is 23.3 Å². The molecule has 0 saturated carbocycles. The van der Waals surface area contributed by atoms with Crippen molar-refractivity contribution in [2.75, 3.05) is 20.2 Å². The van der Waals surface area contributed by atoms with Gasteiger partial charge in [0.25, 0.3) is 5.56 Å². The summed E-state index contributed by atoms with van der Waals surface area (Å²) in [6.07, 6.45) is 0.836. The van der Waals surface area contributed by atoms with Crippen molar-refractivity contribution in [3.63, 3.8) is 0 Å². The van der Waals surface area contributed by atoms with Crippen LogP contribution >= 0.6 is 0 Å². The molecule has 4 rings (SSSR count). The molecule has 2 aromatic rings. The summed E-state index contributed by atoms with van der Waals surface area (Å²) in [5, 5.41) is 6.19. The maximum absolute atomic E-state index is 13.3. The van der Waals surface area contributed by atoms with Crippen LogP contribution in [0.3, 0.4) is 0 Å². The van der Waals surface area contributed by atoms with Crippen molar-refractivity contribution in [2.45, 2.75) is 24.4 Å². The fourth-order valence-electron chi connectivity index (χ4n) is 4.40. The Labute approximate surface area is 162 Å². The SMILES string of the molecule is COC(=O)[C@@H](NC(=O)[C@H]1[C@@H]2CNC[C@@H](C2)c2cccc(=O)n21)c1ccccc1. The fourth-order valence-corrected chi connectivity index (χ4v) is 4.40. The monoisotopic (exact) mass is 381 g/mol. The van der Waals surface area contributed by atoms with Crippen molar-refractivity contribution >= 4 is 11.9 Å². The Kier molecular flexibility index (Phi) is 5.00. The smallest absolute Gasteiger partial charge is 0.333 e. The predicted octanol–water partition coefficient (Wildman–Crippen LogP) is 1.13. The van der Waals surface area contributed by atoms with Gasteiger partial charge in [0.2, 0.25) is 5.91 Å². The van der Waals surface area contributed by atoms with Gasteiger partial charge in [-0.1, -0.05) is 36.4 Å². The number of pyridine rings is 1.